The van der Waals surface area contributed by atoms with Gasteiger partial charge in [-0.2, -0.15) is 0 Å². The van der Waals surface area contributed by atoms with E-state index < -0.39 is 27.5 Å². The number of allylic oxidation sites excluding steroid dienone is 3. The van der Waals surface area contributed by atoms with Crippen LogP contribution in [0.2, 0.25) is 5.02 Å². The van der Waals surface area contributed by atoms with Crippen LogP contribution in [0.25, 0.3) is 0 Å². The molecule has 4 nitrogen and oxygen atoms in total. The van der Waals surface area contributed by atoms with Crippen molar-refractivity contribution in [3.63, 3.8) is 0 Å². The molecule has 1 aliphatic carbocycles. The molecule has 0 saturated carbocycles. The maximum Gasteiger partial charge on any atom is 0.254 e. The van der Waals surface area contributed by atoms with Crippen molar-refractivity contribution < 1.29 is 14.7 Å². The number of phenolic OH excluding ortho intramolecular Hbond substituents is 1. The first-order valence-electron chi connectivity index (χ1n) is 7.33. The Hall–Kier alpha value is -1.01. The maximum atomic E-state index is 13.0. The van der Waals surface area contributed by atoms with Gasteiger partial charge in [0.2, 0.25) is 0 Å². The van der Waals surface area contributed by atoms with E-state index in [1.165, 1.54) is 12.1 Å². The number of hydrogen-bond acceptors (Lipinski definition) is 3. The molecule has 1 saturated heterocycles. The Bertz CT molecular complexity index is 827. The zero-order chi connectivity index (χ0) is 18.6. The number of benzene rings is 1. The minimum absolute atomic E-state index is 0.00689. The smallest absolute Gasteiger partial charge is 0.254 e. The van der Waals surface area contributed by atoms with Gasteiger partial charge >= 0.3 is 0 Å². The van der Waals surface area contributed by atoms with Gasteiger partial charge in [-0.25, -0.2) is 0 Å². The molecule has 1 N–H and O–H groups in total. The molecule has 2 amide bonds. The van der Waals surface area contributed by atoms with Gasteiger partial charge in [0, 0.05) is 10.9 Å². The number of phenols is 1. The molecular weight excluding hydrogens is 452 g/mol. The Morgan fingerprint density at radius 3 is 2.60 bits per heavy atom. The standard InChI is InChI=1S/C17H13BrCl3NO3/c1-2-9-5-6-16(20)14(24)22(8-18)15(25)17(16,21)13(9)11-4-3-10(23)7-12(11)19/h2-5,7,13,23H,1,6,8H2/t13-,16-,17+/m1/s1. The lowest BCUT2D eigenvalue weighted by molar-refractivity contribution is -0.138. The number of carbonyl (C=O) groups is 2. The van der Waals surface area contributed by atoms with Gasteiger partial charge in [0.05, 0.1) is 5.45 Å². The molecular formula is C17H13BrCl3NO3. The summed E-state index contributed by atoms with van der Waals surface area (Å²) >= 11 is 22.9. The molecule has 25 heavy (non-hydrogen) atoms. The molecule has 1 aliphatic heterocycles. The van der Waals surface area contributed by atoms with E-state index >= 15 is 0 Å². The van der Waals surface area contributed by atoms with Crippen molar-refractivity contribution in [3.05, 3.63) is 53.1 Å². The van der Waals surface area contributed by atoms with Crippen LogP contribution < -0.4 is 0 Å². The van der Waals surface area contributed by atoms with Crippen molar-refractivity contribution in [2.75, 3.05) is 5.45 Å². The van der Waals surface area contributed by atoms with Crippen molar-refractivity contribution in [3.8, 4) is 5.75 Å². The van der Waals surface area contributed by atoms with Crippen LogP contribution in [-0.4, -0.2) is 37.0 Å². The number of rotatable bonds is 3. The highest BCUT2D eigenvalue weighted by molar-refractivity contribution is 9.09. The van der Waals surface area contributed by atoms with Crippen molar-refractivity contribution in [2.45, 2.75) is 22.1 Å². The second kappa shape index (κ2) is 6.31. The Kier molecular flexibility index (Phi) is 4.73. The normalized spacial score (nSPS) is 31.8. The molecule has 2 aliphatic rings. The van der Waals surface area contributed by atoms with Gasteiger partial charge < -0.3 is 5.11 Å². The highest BCUT2D eigenvalue weighted by atomic mass is 79.9. The summed E-state index contributed by atoms with van der Waals surface area (Å²) in [5.41, 5.74) is 1.13. The van der Waals surface area contributed by atoms with Crippen molar-refractivity contribution >= 4 is 62.5 Å². The number of imide groups is 1. The largest absolute Gasteiger partial charge is 0.508 e. The highest BCUT2D eigenvalue weighted by Crippen LogP contribution is 2.59. The van der Waals surface area contributed by atoms with Crippen molar-refractivity contribution in [1.82, 2.24) is 4.90 Å². The maximum absolute atomic E-state index is 13.0. The highest BCUT2D eigenvalue weighted by Gasteiger charge is 2.72. The summed E-state index contributed by atoms with van der Waals surface area (Å²) in [6.07, 6.45) is 3.42. The predicted molar refractivity (Wildman–Crippen MR) is 102 cm³/mol. The average Bonchev–Trinajstić information content (AvgIpc) is 2.72. The Labute approximate surface area is 168 Å². The lowest BCUT2D eigenvalue weighted by atomic mass is 9.68. The molecule has 0 spiro atoms. The second-order valence-corrected chi connectivity index (χ2v) is 8.07. The number of halogens is 4. The molecule has 3 atom stereocenters. The van der Waals surface area contributed by atoms with Crippen LogP contribution in [0.5, 0.6) is 5.75 Å². The van der Waals surface area contributed by atoms with E-state index in [-0.39, 0.29) is 22.6 Å². The third-order valence-electron chi connectivity index (χ3n) is 4.72. The van der Waals surface area contributed by atoms with E-state index in [4.69, 9.17) is 34.8 Å². The summed E-state index contributed by atoms with van der Waals surface area (Å²) in [5, 5.41) is 9.84. The molecule has 132 valence electrons. The van der Waals surface area contributed by atoms with E-state index in [2.05, 4.69) is 22.5 Å². The zero-order valence-corrected chi connectivity index (χ0v) is 16.7. The summed E-state index contributed by atoms with van der Waals surface area (Å²) in [7, 11) is 0. The van der Waals surface area contributed by atoms with Gasteiger partial charge in [0.15, 0.2) is 9.75 Å². The van der Waals surface area contributed by atoms with Crippen LogP contribution in [-0.2, 0) is 9.59 Å². The SMILES string of the molecule is C=CC1=CC[C@@]2(Cl)C(=O)N(CBr)C(=O)[C@@]2(Cl)[C@H]1c1ccc(O)cc1Cl. The number of aromatic hydroxyl groups is 1. The molecule has 3 rings (SSSR count). The lowest BCUT2D eigenvalue weighted by Crippen LogP contribution is -2.55. The fourth-order valence-corrected chi connectivity index (χ4v) is 5.09. The van der Waals surface area contributed by atoms with E-state index in [0.717, 1.165) is 4.90 Å². The second-order valence-electron chi connectivity index (χ2n) is 5.92. The van der Waals surface area contributed by atoms with E-state index in [1.54, 1.807) is 18.2 Å². The number of hydrogen-bond donors (Lipinski definition) is 1. The quantitative estimate of drug-likeness (QED) is 0.411. The number of amides is 2. The van der Waals surface area contributed by atoms with E-state index in [9.17, 15) is 14.7 Å². The Morgan fingerprint density at radius 2 is 2.04 bits per heavy atom. The van der Waals surface area contributed by atoms with Gasteiger partial charge in [-0.15, -0.1) is 23.2 Å². The predicted octanol–water partition coefficient (Wildman–Crippen LogP) is 4.32. The van der Waals surface area contributed by atoms with Crippen LogP contribution in [0.4, 0.5) is 0 Å². The molecule has 1 fully saturated rings. The summed E-state index contributed by atoms with van der Waals surface area (Å²) in [5.74, 6) is -1.95. The van der Waals surface area contributed by atoms with Crippen molar-refractivity contribution in [1.29, 1.82) is 0 Å². The third-order valence-corrected chi connectivity index (χ3v) is 6.96. The molecule has 0 aromatic heterocycles. The van der Waals surface area contributed by atoms with Crippen LogP contribution in [0, 0.1) is 0 Å². The molecule has 0 radical (unpaired) electrons. The van der Waals surface area contributed by atoms with Gasteiger partial charge in [-0.05, 0) is 29.7 Å². The zero-order valence-electron chi connectivity index (χ0n) is 12.8. The van der Waals surface area contributed by atoms with Crippen molar-refractivity contribution in [2.24, 2.45) is 0 Å². The first-order chi connectivity index (χ1) is 11.7. The van der Waals surface area contributed by atoms with Crippen LogP contribution in [0.3, 0.4) is 0 Å². The summed E-state index contributed by atoms with van der Waals surface area (Å²) < 4.78 is 0. The van der Waals surface area contributed by atoms with Crippen LogP contribution >= 0.6 is 50.7 Å². The molecule has 0 unspecified atom stereocenters. The average molecular weight is 466 g/mol. The summed E-state index contributed by atoms with van der Waals surface area (Å²) in [6, 6.07) is 4.36. The Balaban J connectivity index is 2.29. The van der Waals surface area contributed by atoms with E-state index in [0.29, 0.717) is 11.1 Å². The minimum atomic E-state index is -1.75. The van der Waals surface area contributed by atoms with Crippen LogP contribution in [0.15, 0.2) is 42.5 Å². The minimum Gasteiger partial charge on any atom is -0.508 e. The van der Waals surface area contributed by atoms with Gasteiger partial charge in [-0.3, -0.25) is 14.5 Å². The fourth-order valence-electron chi connectivity index (χ4n) is 3.48. The molecule has 1 heterocycles. The molecule has 1 aromatic rings. The number of fused-ring (bicyclic) bond motifs is 1. The van der Waals surface area contributed by atoms with Crippen LogP contribution in [0.1, 0.15) is 17.9 Å². The topological polar surface area (TPSA) is 57.6 Å². The third kappa shape index (κ3) is 2.40. The number of carbonyl (C=O) groups excluding carboxylic acids is 2. The lowest BCUT2D eigenvalue weighted by Gasteiger charge is -2.42. The molecule has 0 bridgehead atoms. The monoisotopic (exact) mass is 463 g/mol. The fraction of sp³-hybridized carbons (Fsp3) is 0.294. The first kappa shape index (κ1) is 18.8. The molecule has 1 aromatic carbocycles. The van der Waals surface area contributed by atoms with Gasteiger partial charge in [-0.1, -0.05) is 52.3 Å². The van der Waals surface area contributed by atoms with E-state index in [1.807, 2.05) is 0 Å². The first-order valence-corrected chi connectivity index (χ1v) is 9.59. The number of alkyl halides is 3. The molecule has 8 heteroatoms. The summed E-state index contributed by atoms with van der Waals surface area (Å²) in [6.45, 7) is 3.78. The van der Waals surface area contributed by atoms with Gasteiger partial charge in [0.25, 0.3) is 11.8 Å². The summed E-state index contributed by atoms with van der Waals surface area (Å²) in [4.78, 5) is 23.4. The van der Waals surface area contributed by atoms with Gasteiger partial charge in [0.1, 0.15) is 5.75 Å². The number of likely N-dealkylation sites (tertiary alicyclic amines) is 1. The Morgan fingerprint density at radius 1 is 1.36 bits per heavy atom. The number of nitrogens with zero attached hydrogens (tertiary/aromatic N) is 1.